The van der Waals surface area contributed by atoms with Crippen LogP contribution in [-0.2, 0) is 5.75 Å². The number of nitrogens with zero attached hydrogens (tertiary/aromatic N) is 5. The Morgan fingerprint density at radius 2 is 1.96 bits per heavy atom. The Hall–Kier alpha value is -2.47. The van der Waals surface area contributed by atoms with Crippen LogP contribution in [0.25, 0.3) is 22.8 Å². The third kappa shape index (κ3) is 3.70. The smallest absolute Gasteiger partial charge is 0.277 e. The zero-order valence-electron chi connectivity index (χ0n) is 13.2. The van der Waals surface area contributed by atoms with Gasteiger partial charge in [-0.2, -0.15) is 4.98 Å². The van der Waals surface area contributed by atoms with Gasteiger partial charge >= 0.3 is 0 Å². The van der Waals surface area contributed by atoms with E-state index in [4.69, 9.17) is 14.7 Å². The molecule has 0 aliphatic rings. The molecule has 0 atom stereocenters. The highest BCUT2D eigenvalue weighted by atomic mass is 127. The highest BCUT2D eigenvalue weighted by Gasteiger charge is 2.14. The first-order valence-corrected chi connectivity index (χ1v) is 9.50. The minimum absolute atomic E-state index is 0.421. The Labute approximate surface area is 165 Å². The number of benzene rings is 1. The van der Waals surface area contributed by atoms with E-state index in [1.54, 1.807) is 24.5 Å². The first kappa shape index (κ1) is 17.0. The van der Waals surface area contributed by atoms with Crippen molar-refractivity contribution >= 4 is 40.0 Å². The van der Waals surface area contributed by atoms with Crippen molar-refractivity contribution in [1.29, 1.82) is 0 Å². The summed E-state index contributed by atoms with van der Waals surface area (Å²) in [6.07, 6.45) is 3.34. The molecule has 0 saturated carbocycles. The Morgan fingerprint density at radius 1 is 1.12 bits per heavy atom. The Kier molecular flexibility index (Phi) is 4.84. The molecule has 0 fully saturated rings. The summed E-state index contributed by atoms with van der Waals surface area (Å²) in [6, 6.07) is 9.18. The molecule has 4 aromatic rings. The van der Waals surface area contributed by atoms with E-state index in [0.717, 1.165) is 14.7 Å². The van der Waals surface area contributed by atoms with Gasteiger partial charge < -0.3 is 14.7 Å². The predicted molar refractivity (Wildman–Crippen MR) is 104 cm³/mol. The average molecular weight is 478 g/mol. The van der Waals surface area contributed by atoms with Gasteiger partial charge in [0.1, 0.15) is 0 Å². The van der Waals surface area contributed by atoms with Gasteiger partial charge in [-0.25, -0.2) is 0 Å². The summed E-state index contributed by atoms with van der Waals surface area (Å²) in [6.45, 7) is 0. The topological polar surface area (TPSA) is 117 Å². The van der Waals surface area contributed by atoms with Crippen molar-refractivity contribution in [3.63, 3.8) is 0 Å². The number of rotatable bonds is 5. The number of thioether (sulfide) groups is 1. The fourth-order valence-electron chi connectivity index (χ4n) is 2.14. The number of halogens is 1. The number of hydrogen-bond donors (Lipinski definition) is 1. The molecule has 3 aromatic heterocycles. The van der Waals surface area contributed by atoms with Crippen molar-refractivity contribution in [3.05, 3.63) is 52.2 Å². The number of nitrogens with two attached hydrogens (primary N) is 1. The van der Waals surface area contributed by atoms with Gasteiger partial charge in [0, 0.05) is 32.8 Å². The van der Waals surface area contributed by atoms with Crippen LogP contribution in [-0.4, -0.2) is 25.3 Å². The predicted octanol–water partition coefficient (Wildman–Crippen LogP) is 3.66. The second-order valence-electron chi connectivity index (χ2n) is 5.15. The quantitative estimate of drug-likeness (QED) is 0.261. The minimum Gasteiger partial charge on any atom is -0.411 e. The monoisotopic (exact) mass is 478 g/mol. The third-order valence-electron chi connectivity index (χ3n) is 3.35. The first-order chi connectivity index (χ1) is 12.7. The van der Waals surface area contributed by atoms with Crippen molar-refractivity contribution < 1.29 is 8.94 Å². The Balaban J connectivity index is 1.46. The molecule has 0 aliphatic carbocycles. The molecule has 0 unspecified atom stereocenters. The van der Waals surface area contributed by atoms with Gasteiger partial charge in [0.2, 0.25) is 17.6 Å². The molecule has 3 heterocycles. The summed E-state index contributed by atoms with van der Waals surface area (Å²) in [5, 5.41) is 12.5. The van der Waals surface area contributed by atoms with Crippen molar-refractivity contribution in [2.24, 2.45) is 0 Å². The molecule has 26 heavy (non-hydrogen) atoms. The molecule has 8 nitrogen and oxygen atoms in total. The summed E-state index contributed by atoms with van der Waals surface area (Å²) in [5.74, 6) is 1.83. The second kappa shape index (κ2) is 7.41. The first-order valence-electron chi connectivity index (χ1n) is 7.44. The highest BCUT2D eigenvalue weighted by Crippen LogP contribution is 2.28. The molecule has 0 radical (unpaired) electrons. The van der Waals surface area contributed by atoms with Crippen LogP contribution in [0.1, 0.15) is 5.89 Å². The minimum atomic E-state index is 0.421. The van der Waals surface area contributed by atoms with Gasteiger partial charge in [-0.05, 0) is 52.9 Å². The molecule has 10 heteroatoms. The number of aromatic nitrogens is 5. The lowest BCUT2D eigenvalue weighted by Gasteiger charge is -2.00. The fraction of sp³-hybridized carbons (Fsp3) is 0.0625. The zero-order valence-corrected chi connectivity index (χ0v) is 16.1. The molecular weight excluding hydrogens is 467 g/mol. The van der Waals surface area contributed by atoms with Gasteiger partial charge in [0.15, 0.2) is 0 Å². The lowest BCUT2D eigenvalue weighted by molar-refractivity contribution is 0.391. The molecule has 0 spiro atoms. The van der Waals surface area contributed by atoms with Crippen LogP contribution in [0.2, 0.25) is 0 Å². The van der Waals surface area contributed by atoms with Gasteiger partial charge in [-0.15, -0.1) is 10.2 Å². The van der Waals surface area contributed by atoms with Crippen molar-refractivity contribution in [3.8, 4) is 22.8 Å². The molecule has 0 saturated heterocycles. The van der Waals surface area contributed by atoms with E-state index >= 15 is 0 Å². The summed E-state index contributed by atoms with van der Waals surface area (Å²) in [5.41, 5.74) is 8.13. The van der Waals surface area contributed by atoms with Crippen LogP contribution < -0.4 is 5.73 Å². The van der Waals surface area contributed by atoms with Crippen LogP contribution in [0.4, 0.5) is 5.69 Å². The van der Waals surface area contributed by atoms with Gasteiger partial charge in [-0.3, -0.25) is 4.98 Å². The zero-order chi connectivity index (χ0) is 17.9. The van der Waals surface area contributed by atoms with E-state index < -0.39 is 0 Å². The van der Waals surface area contributed by atoms with Crippen molar-refractivity contribution in [1.82, 2.24) is 25.3 Å². The van der Waals surface area contributed by atoms with E-state index in [1.165, 1.54) is 11.8 Å². The van der Waals surface area contributed by atoms with Crippen molar-refractivity contribution in [2.45, 2.75) is 11.0 Å². The maximum absolute atomic E-state index is 5.83. The summed E-state index contributed by atoms with van der Waals surface area (Å²) in [4.78, 5) is 8.37. The maximum Gasteiger partial charge on any atom is 0.277 e. The average Bonchev–Trinajstić information content (AvgIpc) is 3.32. The van der Waals surface area contributed by atoms with E-state index in [0.29, 0.717) is 34.3 Å². The standard InChI is InChI=1S/C16H11IN6O2S/c17-12-2-1-10(18)7-11(12)14-20-13(25-23-14)8-26-16-22-21-15(24-16)9-3-5-19-6-4-9/h1-7H,8,18H2. The number of nitrogen functional groups attached to an aromatic ring is 1. The number of anilines is 1. The summed E-state index contributed by atoms with van der Waals surface area (Å²) < 4.78 is 11.9. The van der Waals surface area contributed by atoms with Crippen LogP contribution in [0.3, 0.4) is 0 Å². The van der Waals surface area contributed by atoms with Gasteiger partial charge in [0.05, 0.1) is 5.75 Å². The fourth-order valence-corrected chi connectivity index (χ4v) is 3.32. The van der Waals surface area contributed by atoms with E-state index in [-0.39, 0.29) is 0 Å². The van der Waals surface area contributed by atoms with Gasteiger partial charge in [-0.1, -0.05) is 16.9 Å². The molecule has 0 amide bonds. The van der Waals surface area contributed by atoms with Crippen molar-refractivity contribution in [2.75, 3.05) is 5.73 Å². The van der Waals surface area contributed by atoms with E-state index in [2.05, 4.69) is 47.9 Å². The van der Waals surface area contributed by atoms with Crippen LogP contribution in [0, 0.1) is 3.57 Å². The number of pyridine rings is 1. The number of hydrogen-bond acceptors (Lipinski definition) is 9. The largest absolute Gasteiger partial charge is 0.411 e. The molecule has 0 aliphatic heterocycles. The molecule has 0 bridgehead atoms. The highest BCUT2D eigenvalue weighted by molar-refractivity contribution is 14.1. The normalized spacial score (nSPS) is 11.0. The molecule has 2 N–H and O–H groups in total. The Bertz CT molecular complexity index is 1040. The van der Waals surface area contributed by atoms with Crippen LogP contribution in [0.5, 0.6) is 0 Å². The molecular formula is C16H11IN6O2S. The lowest BCUT2D eigenvalue weighted by atomic mass is 10.2. The SMILES string of the molecule is Nc1ccc(I)c(-c2noc(CSc3nnc(-c4ccncc4)o3)n2)c1. The lowest BCUT2D eigenvalue weighted by Crippen LogP contribution is -1.90. The van der Waals surface area contributed by atoms with Crippen LogP contribution in [0.15, 0.2) is 56.9 Å². The molecule has 4 rings (SSSR count). The summed E-state index contributed by atoms with van der Waals surface area (Å²) in [7, 11) is 0. The molecule has 1 aromatic carbocycles. The third-order valence-corrected chi connectivity index (χ3v) is 5.10. The van der Waals surface area contributed by atoms with E-state index in [9.17, 15) is 0 Å². The maximum atomic E-state index is 5.83. The Morgan fingerprint density at radius 3 is 2.81 bits per heavy atom. The van der Waals surface area contributed by atoms with Gasteiger partial charge in [0.25, 0.3) is 5.22 Å². The van der Waals surface area contributed by atoms with Crippen LogP contribution >= 0.6 is 34.4 Å². The molecule has 130 valence electrons. The second-order valence-corrected chi connectivity index (χ2v) is 7.24. The summed E-state index contributed by atoms with van der Waals surface area (Å²) >= 11 is 3.53. The van der Waals surface area contributed by atoms with E-state index in [1.807, 2.05) is 18.2 Å².